The zero-order valence-corrected chi connectivity index (χ0v) is 18.7. The number of para-hydroxylation sites is 1. The first-order chi connectivity index (χ1) is 9.64. The van der Waals surface area contributed by atoms with Crippen LogP contribution in [0.2, 0.25) is 18.1 Å². The predicted molar refractivity (Wildman–Crippen MR) is 102 cm³/mol. The summed E-state index contributed by atoms with van der Waals surface area (Å²) in [6.07, 6.45) is 0. The summed E-state index contributed by atoms with van der Waals surface area (Å²) >= 11 is 0. The standard InChI is InChI=1S/C12H28OSi.C6H6O.2H2O.Ti/c1-10(2)7-14(13,8-11(3)4)9-12(5)6;7-6-4-2-1-3-5-6;;;/h10-13H,7-9H2,1-6H3;1-5,7H;2*1H2;. The Kier molecular flexibility index (Phi) is 21.5. The van der Waals surface area contributed by atoms with Crippen LogP contribution in [-0.4, -0.2) is 29.2 Å². The normalized spacial score (nSPS) is 10.2. The van der Waals surface area contributed by atoms with Crippen molar-refractivity contribution in [3.8, 4) is 5.75 Å². The molecule has 24 heavy (non-hydrogen) atoms. The quantitative estimate of drug-likeness (QED) is 0.720. The van der Waals surface area contributed by atoms with Gasteiger partial charge < -0.3 is 20.9 Å². The maximum Gasteiger partial charge on any atom is 0.189 e. The first-order valence-electron chi connectivity index (χ1n) is 8.11. The summed E-state index contributed by atoms with van der Waals surface area (Å²) in [6.45, 7) is 13.3. The third-order valence-corrected chi connectivity index (χ3v) is 7.85. The van der Waals surface area contributed by atoms with Crippen LogP contribution in [0.25, 0.3) is 0 Å². The Morgan fingerprint density at radius 2 is 1.04 bits per heavy atom. The van der Waals surface area contributed by atoms with Gasteiger partial charge in [0.05, 0.1) is 0 Å². The Hall–Kier alpha value is -0.169. The van der Waals surface area contributed by atoms with Crippen LogP contribution < -0.4 is 0 Å². The minimum atomic E-state index is -1.94. The Balaban J connectivity index is -0.000000171. The molecule has 0 bridgehead atoms. The van der Waals surface area contributed by atoms with Gasteiger partial charge in [0.15, 0.2) is 8.32 Å². The van der Waals surface area contributed by atoms with E-state index < -0.39 is 8.32 Å². The molecule has 0 saturated carbocycles. The van der Waals surface area contributed by atoms with Crippen molar-refractivity contribution in [3.63, 3.8) is 0 Å². The third kappa shape index (κ3) is 18.2. The average molecular weight is 394 g/mol. The van der Waals surface area contributed by atoms with Gasteiger partial charge in [-0.1, -0.05) is 59.7 Å². The van der Waals surface area contributed by atoms with Crippen LogP contribution in [0.3, 0.4) is 0 Å². The number of rotatable bonds is 6. The van der Waals surface area contributed by atoms with Gasteiger partial charge in [-0.05, 0) is 48.0 Å². The van der Waals surface area contributed by atoms with E-state index in [0.29, 0.717) is 23.5 Å². The summed E-state index contributed by atoms with van der Waals surface area (Å²) in [5.74, 6) is 2.25. The SMILES string of the molecule is CC(C)C[Si](O)(CC(C)C)CC(C)C.O.O.Oc1ccccc1.[Ti]. The number of hydrogen-bond acceptors (Lipinski definition) is 2. The molecule has 142 valence electrons. The number of hydrogen-bond donors (Lipinski definition) is 2. The Morgan fingerprint density at radius 1 is 0.750 bits per heavy atom. The van der Waals surface area contributed by atoms with Gasteiger partial charge in [0.1, 0.15) is 5.75 Å². The Morgan fingerprint density at radius 3 is 1.21 bits per heavy atom. The van der Waals surface area contributed by atoms with Crippen molar-refractivity contribution in [1.29, 1.82) is 0 Å². The fourth-order valence-electron chi connectivity index (χ4n) is 2.96. The van der Waals surface area contributed by atoms with Crippen LogP contribution in [0.1, 0.15) is 41.5 Å². The van der Waals surface area contributed by atoms with E-state index in [1.165, 1.54) is 0 Å². The maximum absolute atomic E-state index is 10.7. The number of phenols is 1. The van der Waals surface area contributed by atoms with Gasteiger partial charge >= 0.3 is 0 Å². The molecule has 0 unspecified atom stereocenters. The van der Waals surface area contributed by atoms with Crippen LogP contribution in [0.4, 0.5) is 0 Å². The zero-order valence-electron chi connectivity index (χ0n) is 16.1. The largest absolute Gasteiger partial charge is 0.508 e. The molecule has 0 aliphatic rings. The molecule has 0 spiro atoms. The molecule has 1 aromatic carbocycles. The van der Waals surface area contributed by atoms with Gasteiger partial charge in [-0.15, -0.1) is 0 Å². The monoisotopic (exact) mass is 394 g/mol. The second-order valence-corrected chi connectivity index (χ2v) is 11.0. The van der Waals surface area contributed by atoms with E-state index in [0.717, 1.165) is 18.1 Å². The van der Waals surface area contributed by atoms with E-state index in [1.54, 1.807) is 24.3 Å². The summed E-state index contributed by atoms with van der Waals surface area (Å²) < 4.78 is 0. The van der Waals surface area contributed by atoms with Crippen LogP contribution in [0.5, 0.6) is 5.75 Å². The predicted octanol–water partition coefficient (Wildman–Crippen LogP) is 3.63. The molecule has 0 atom stereocenters. The number of benzene rings is 1. The minimum absolute atomic E-state index is 0. The molecule has 0 radical (unpaired) electrons. The van der Waals surface area contributed by atoms with Crippen molar-refractivity contribution >= 4 is 8.32 Å². The van der Waals surface area contributed by atoms with Gasteiger partial charge in [0, 0.05) is 21.7 Å². The van der Waals surface area contributed by atoms with E-state index in [-0.39, 0.29) is 32.7 Å². The van der Waals surface area contributed by atoms with Gasteiger partial charge in [0.2, 0.25) is 0 Å². The molecule has 1 rings (SSSR count). The van der Waals surface area contributed by atoms with Crippen LogP contribution in [0.15, 0.2) is 30.3 Å². The molecule has 0 fully saturated rings. The van der Waals surface area contributed by atoms with E-state index in [1.807, 2.05) is 6.07 Å². The molecular weight excluding hydrogens is 356 g/mol. The molecule has 6 heteroatoms. The smallest absolute Gasteiger partial charge is 0.189 e. The van der Waals surface area contributed by atoms with Crippen LogP contribution >= 0.6 is 0 Å². The summed E-state index contributed by atoms with van der Waals surface area (Å²) in [4.78, 5) is 10.7. The van der Waals surface area contributed by atoms with Crippen LogP contribution in [-0.2, 0) is 21.7 Å². The minimum Gasteiger partial charge on any atom is -0.508 e. The molecule has 0 aliphatic carbocycles. The van der Waals surface area contributed by atoms with Crippen molar-refractivity contribution in [3.05, 3.63) is 30.3 Å². The van der Waals surface area contributed by atoms with E-state index in [9.17, 15) is 4.80 Å². The van der Waals surface area contributed by atoms with Gasteiger partial charge in [-0.2, -0.15) is 0 Å². The average Bonchev–Trinajstić information content (AvgIpc) is 2.26. The molecule has 0 heterocycles. The van der Waals surface area contributed by atoms with E-state index in [4.69, 9.17) is 5.11 Å². The third-order valence-electron chi connectivity index (χ3n) is 3.12. The Bertz CT molecular complexity index is 346. The summed E-state index contributed by atoms with van der Waals surface area (Å²) in [7, 11) is -1.94. The van der Waals surface area contributed by atoms with Gasteiger partial charge in [0.25, 0.3) is 0 Å². The van der Waals surface area contributed by atoms with Crippen molar-refractivity contribution in [2.75, 3.05) is 0 Å². The van der Waals surface area contributed by atoms with E-state index in [2.05, 4.69) is 41.5 Å². The molecule has 0 saturated heterocycles. The van der Waals surface area contributed by atoms with Crippen molar-refractivity contribution in [2.45, 2.75) is 59.7 Å². The molecular formula is C18H38O4SiTi. The summed E-state index contributed by atoms with van der Waals surface area (Å²) in [5, 5.41) is 8.63. The number of aromatic hydroxyl groups is 1. The zero-order chi connectivity index (χ0) is 16.5. The van der Waals surface area contributed by atoms with E-state index >= 15 is 0 Å². The Labute approximate surface area is 164 Å². The molecule has 1 aromatic rings. The van der Waals surface area contributed by atoms with Gasteiger partial charge in [-0.25, -0.2) is 0 Å². The van der Waals surface area contributed by atoms with Gasteiger partial charge in [-0.3, -0.25) is 0 Å². The van der Waals surface area contributed by atoms with Crippen molar-refractivity contribution in [1.82, 2.24) is 0 Å². The first-order valence-corrected chi connectivity index (χ1v) is 10.7. The molecule has 4 nitrogen and oxygen atoms in total. The molecule has 0 amide bonds. The maximum atomic E-state index is 10.7. The molecule has 6 N–H and O–H groups in total. The second kappa shape index (κ2) is 16.3. The number of phenolic OH excluding ortho intramolecular Hbond substituents is 1. The molecule has 0 aromatic heterocycles. The summed E-state index contributed by atoms with van der Waals surface area (Å²) in [5.41, 5.74) is 0. The van der Waals surface area contributed by atoms with Crippen LogP contribution in [0, 0.1) is 17.8 Å². The fraction of sp³-hybridized carbons (Fsp3) is 0.667. The second-order valence-electron chi connectivity index (χ2n) is 7.35. The van der Waals surface area contributed by atoms with Crippen molar-refractivity contribution < 1.29 is 42.6 Å². The van der Waals surface area contributed by atoms with Crippen molar-refractivity contribution in [2.24, 2.45) is 17.8 Å². The fourth-order valence-corrected chi connectivity index (χ4v) is 8.02. The molecule has 0 aliphatic heterocycles. The first kappa shape index (κ1) is 31.6. The summed E-state index contributed by atoms with van der Waals surface area (Å²) in [6, 6.07) is 11.9. The topological polar surface area (TPSA) is 103 Å².